The van der Waals surface area contributed by atoms with Gasteiger partial charge in [0.25, 0.3) is 0 Å². The summed E-state index contributed by atoms with van der Waals surface area (Å²) < 4.78 is 5.21. The number of rotatable bonds is 10. The average Bonchev–Trinajstić information content (AvgIpc) is 2.50. The Morgan fingerprint density at radius 3 is 2.20 bits per heavy atom. The predicted octanol–water partition coefficient (Wildman–Crippen LogP) is 4.43. The van der Waals surface area contributed by atoms with E-state index in [0.717, 1.165) is 24.6 Å². The number of nitrogens with one attached hydrogen (secondary N) is 1. The molecular formula is C18H31NO. The van der Waals surface area contributed by atoms with Crippen LogP contribution in [0.4, 0.5) is 0 Å². The summed E-state index contributed by atoms with van der Waals surface area (Å²) in [6.45, 7) is 7.98. The minimum Gasteiger partial charge on any atom is -0.497 e. The monoisotopic (exact) mass is 277 g/mol. The van der Waals surface area contributed by atoms with Crippen LogP contribution in [-0.4, -0.2) is 19.7 Å². The zero-order chi connectivity index (χ0) is 14.8. The van der Waals surface area contributed by atoms with Gasteiger partial charge in [-0.05, 0) is 49.4 Å². The quantitative estimate of drug-likeness (QED) is 0.683. The Balaban J connectivity index is 2.54. The summed E-state index contributed by atoms with van der Waals surface area (Å²) in [4.78, 5) is 0. The molecule has 2 heteroatoms. The molecule has 1 aromatic carbocycles. The second-order valence-electron chi connectivity index (χ2n) is 5.52. The molecule has 0 fully saturated rings. The molecule has 1 unspecified atom stereocenters. The number of hydrogen-bond acceptors (Lipinski definition) is 2. The Labute approximate surface area is 124 Å². The standard InChI is InChI=1S/C18H31NO/c1-5-14-19-18(16(6-2)7-3)13-10-15-8-11-17(20-4)12-9-15/h8-9,11-12,16,18-19H,5-7,10,13-14H2,1-4H3. The maximum absolute atomic E-state index is 5.21. The summed E-state index contributed by atoms with van der Waals surface area (Å²) >= 11 is 0. The highest BCUT2D eigenvalue weighted by Gasteiger charge is 2.17. The largest absolute Gasteiger partial charge is 0.497 e. The van der Waals surface area contributed by atoms with Gasteiger partial charge in [0.1, 0.15) is 5.75 Å². The summed E-state index contributed by atoms with van der Waals surface area (Å²) in [6, 6.07) is 9.12. The van der Waals surface area contributed by atoms with Crippen LogP contribution in [0.1, 0.15) is 52.0 Å². The van der Waals surface area contributed by atoms with Crippen molar-refractivity contribution in [2.75, 3.05) is 13.7 Å². The predicted molar refractivity (Wildman–Crippen MR) is 87.5 cm³/mol. The summed E-state index contributed by atoms with van der Waals surface area (Å²) in [5.41, 5.74) is 1.40. The van der Waals surface area contributed by atoms with Gasteiger partial charge >= 0.3 is 0 Å². The van der Waals surface area contributed by atoms with Crippen LogP contribution < -0.4 is 10.1 Å². The fourth-order valence-corrected chi connectivity index (χ4v) is 2.81. The van der Waals surface area contributed by atoms with Crippen molar-refractivity contribution in [3.8, 4) is 5.75 Å². The fraction of sp³-hybridized carbons (Fsp3) is 0.667. The average molecular weight is 277 g/mol. The van der Waals surface area contributed by atoms with Gasteiger partial charge in [-0.25, -0.2) is 0 Å². The Morgan fingerprint density at radius 1 is 1.05 bits per heavy atom. The van der Waals surface area contributed by atoms with Gasteiger partial charge < -0.3 is 10.1 Å². The van der Waals surface area contributed by atoms with Crippen LogP contribution >= 0.6 is 0 Å². The summed E-state index contributed by atoms with van der Waals surface area (Å²) in [7, 11) is 1.72. The van der Waals surface area contributed by atoms with Crippen molar-refractivity contribution in [1.29, 1.82) is 0 Å². The Morgan fingerprint density at radius 2 is 1.70 bits per heavy atom. The molecule has 0 aliphatic rings. The van der Waals surface area contributed by atoms with E-state index < -0.39 is 0 Å². The first-order valence-corrected chi connectivity index (χ1v) is 8.11. The maximum Gasteiger partial charge on any atom is 0.118 e. The topological polar surface area (TPSA) is 21.3 Å². The third-order valence-corrected chi connectivity index (χ3v) is 4.18. The Bertz CT molecular complexity index is 343. The normalized spacial score (nSPS) is 12.7. The maximum atomic E-state index is 5.21. The lowest BCUT2D eigenvalue weighted by Gasteiger charge is -2.26. The van der Waals surface area contributed by atoms with E-state index in [2.05, 4.69) is 50.4 Å². The molecule has 0 saturated heterocycles. The van der Waals surface area contributed by atoms with Gasteiger partial charge in [-0.3, -0.25) is 0 Å². The number of benzene rings is 1. The van der Waals surface area contributed by atoms with Crippen molar-refractivity contribution in [2.45, 2.75) is 58.9 Å². The van der Waals surface area contributed by atoms with Crippen molar-refractivity contribution in [2.24, 2.45) is 5.92 Å². The highest BCUT2D eigenvalue weighted by molar-refractivity contribution is 5.27. The second-order valence-corrected chi connectivity index (χ2v) is 5.52. The molecule has 114 valence electrons. The third kappa shape index (κ3) is 5.54. The lowest BCUT2D eigenvalue weighted by atomic mass is 9.89. The van der Waals surface area contributed by atoms with Crippen molar-refractivity contribution < 1.29 is 4.74 Å². The van der Waals surface area contributed by atoms with Crippen LogP contribution in [0.25, 0.3) is 0 Å². The molecule has 0 heterocycles. The molecule has 0 aromatic heterocycles. The highest BCUT2D eigenvalue weighted by Crippen LogP contribution is 2.19. The molecule has 0 aliphatic heterocycles. The minimum absolute atomic E-state index is 0.645. The molecule has 0 amide bonds. The minimum atomic E-state index is 0.645. The molecule has 2 nitrogen and oxygen atoms in total. The number of hydrogen-bond donors (Lipinski definition) is 1. The van der Waals surface area contributed by atoms with Crippen molar-refractivity contribution in [3.05, 3.63) is 29.8 Å². The van der Waals surface area contributed by atoms with E-state index in [0.29, 0.717) is 6.04 Å². The molecule has 0 saturated carbocycles. The van der Waals surface area contributed by atoms with Crippen LogP contribution in [0, 0.1) is 5.92 Å². The molecule has 1 rings (SSSR count). The van der Waals surface area contributed by atoms with Crippen LogP contribution in [-0.2, 0) is 6.42 Å². The first-order chi connectivity index (χ1) is 9.74. The Hall–Kier alpha value is -1.02. The van der Waals surface area contributed by atoms with E-state index in [1.165, 1.54) is 31.2 Å². The summed E-state index contributed by atoms with van der Waals surface area (Å²) in [6.07, 6.45) is 6.10. The van der Waals surface area contributed by atoms with Gasteiger partial charge in [-0.2, -0.15) is 0 Å². The summed E-state index contributed by atoms with van der Waals surface area (Å²) in [5.74, 6) is 1.73. The number of methoxy groups -OCH3 is 1. The van der Waals surface area contributed by atoms with E-state index >= 15 is 0 Å². The van der Waals surface area contributed by atoms with Crippen molar-refractivity contribution >= 4 is 0 Å². The molecular weight excluding hydrogens is 246 g/mol. The molecule has 0 bridgehead atoms. The van der Waals surface area contributed by atoms with E-state index in [1.807, 2.05) is 0 Å². The summed E-state index contributed by atoms with van der Waals surface area (Å²) in [5, 5.41) is 3.74. The number of ether oxygens (including phenoxy) is 1. The van der Waals surface area contributed by atoms with Crippen LogP contribution in [0.3, 0.4) is 0 Å². The van der Waals surface area contributed by atoms with Gasteiger partial charge in [-0.15, -0.1) is 0 Å². The van der Waals surface area contributed by atoms with Gasteiger partial charge in [0, 0.05) is 6.04 Å². The molecule has 0 spiro atoms. The van der Waals surface area contributed by atoms with Crippen molar-refractivity contribution in [3.63, 3.8) is 0 Å². The van der Waals surface area contributed by atoms with Gasteiger partial charge in [0.05, 0.1) is 7.11 Å². The number of aryl methyl sites for hydroxylation is 1. The first kappa shape index (κ1) is 17.0. The van der Waals surface area contributed by atoms with E-state index in [9.17, 15) is 0 Å². The van der Waals surface area contributed by atoms with Gasteiger partial charge in [0.15, 0.2) is 0 Å². The molecule has 0 radical (unpaired) electrons. The van der Waals surface area contributed by atoms with Crippen LogP contribution in [0.5, 0.6) is 5.75 Å². The van der Waals surface area contributed by atoms with Crippen LogP contribution in [0.2, 0.25) is 0 Å². The SMILES string of the molecule is CCCNC(CCc1ccc(OC)cc1)C(CC)CC. The molecule has 1 atom stereocenters. The second kappa shape index (κ2) is 9.82. The fourth-order valence-electron chi connectivity index (χ4n) is 2.81. The van der Waals surface area contributed by atoms with E-state index in [4.69, 9.17) is 4.74 Å². The molecule has 0 aliphatic carbocycles. The van der Waals surface area contributed by atoms with Gasteiger partial charge in [-0.1, -0.05) is 45.7 Å². The van der Waals surface area contributed by atoms with Gasteiger partial charge in [0.2, 0.25) is 0 Å². The zero-order valence-corrected chi connectivity index (χ0v) is 13.6. The van der Waals surface area contributed by atoms with E-state index in [-0.39, 0.29) is 0 Å². The highest BCUT2D eigenvalue weighted by atomic mass is 16.5. The smallest absolute Gasteiger partial charge is 0.118 e. The Kier molecular flexibility index (Phi) is 8.36. The molecule has 1 aromatic rings. The first-order valence-electron chi connectivity index (χ1n) is 8.11. The third-order valence-electron chi connectivity index (χ3n) is 4.18. The molecule has 20 heavy (non-hydrogen) atoms. The van der Waals surface area contributed by atoms with Crippen LogP contribution in [0.15, 0.2) is 24.3 Å². The van der Waals surface area contributed by atoms with E-state index in [1.54, 1.807) is 7.11 Å². The van der Waals surface area contributed by atoms with Crippen molar-refractivity contribution in [1.82, 2.24) is 5.32 Å². The zero-order valence-electron chi connectivity index (χ0n) is 13.6. The lowest BCUT2D eigenvalue weighted by molar-refractivity contribution is 0.318. The lowest BCUT2D eigenvalue weighted by Crippen LogP contribution is -2.36. The molecule has 1 N–H and O–H groups in total.